The maximum absolute atomic E-state index is 12.3. The van der Waals surface area contributed by atoms with Gasteiger partial charge in [0.2, 0.25) is 5.91 Å². The Morgan fingerprint density at radius 3 is 2.43 bits per heavy atom. The number of nitrogens with zero attached hydrogens (tertiary/aromatic N) is 1. The predicted octanol–water partition coefficient (Wildman–Crippen LogP) is 2.63. The Morgan fingerprint density at radius 2 is 1.78 bits per heavy atom. The van der Waals surface area contributed by atoms with Crippen molar-refractivity contribution in [3.63, 3.8) is 0 Å². The number of carbonyl (C=O) groups is 1. The summed E-state index contributed by atoms with van der Waals surface area (Å²) in [6, 6.07) is 10.7. The van der Waals surface area contributed by atoms with Gasteiger partial charge in [-0.15, -0.1) is 0 Å². The van der Waals surface area contributed by atoms with Crippen LogP contribution in [0.2, 0.25) is 0 Å². The first-order valence-corrected chi connectivity index (χ1v) is 8.94. The number of rotatable bonds is 6. The summed E-state index contributed by atoms with van der Waals surface area (Å²) in [6.45, 7) is 2.82. The van der Waals surface area contributed by atoms with Crippen LogP contribution in [0.3, 0.4) is 0 Å². The van der Waals surface area contributed by atoms with Gasteiger partial charge in [0.05, 0.1) is 18.1 Å². The largest absolute Gasteiger partial charge is 0.389 e. The van der Waals surface area contributed by atoms with Gasteiger partial charge in [0.25, 0.3) is 0 Å². The fraction of sp³-hybridized carbons (Fsp3) is 0.632. The van der Waals surface area contributed by atoms with Gasteiger partial charge in [0.15, 0.2) is 0 Å². The van der Waals surface area contributed by atoms with Crippen LogP contribution in [-0.4, -0.2) is 41.1 Å². The molecule has 1 unspecified atom stereocenters. The van der Waals surface area contributed by atoms with Crippen molar-refractivity contribution < 1.29 is 9.90 Å². The molecule has 1 heterocycles. The van der Waals surface area contributed by atoms with Crippen LogP contribution in [0.15, 0.2) is 30.3 Å². The van der Waals surface area contributed by atoms with Gasteiger partial charge in [0, 0.05) is 6.54 Å². The summed E-state index contributed by atoms with van der Waals surface area (Å²) in [7, 11) is 0. The first-order valence-electron chi connectivity index (χ1n) is 8.94. The highest BCUT2D eigenvalue weighted by Gasteiger charge is 2.33. The second kappa shape index (κ2) is 7.45. The van der Waals surface area contributed by atoms with E-state index >= 15 is 0 Å². The number of benzene rings is 1. The number of nitrogens with one attached hydrogen (secondary N) is 1. The van der Waals surface area contributed by atoms with E-state index in [1.54, 1.807) is 0 Å². The van der Waals surface area contributed by atoms with Gasteiger partial charge in [-0.05, 0) is 44.3 Å². The molecule has 1 aromatic rings. The van der Waals surface area contributed by atoms with Crippen molar-refractivity contribution in [1.29, 1.82) is 0 Å². The number of amides is 1. The molecule has 4 nitrogen and oxygen atoms in total. The lowest BCUT2D eigenvalue weighted by molar-refractivity contribution is -0.126. The van der Waals surface area contributed by atoms with Crippen LogP contribution in [0.1, 0.15) is 56.6 Å². The molecule has 1 atom stereocenters. The molecule has 2 N–H and O–H groups in total. The first-order chi connectivity index (χ1) is 11.2. The molecule has 1 amide bonds. The van der Waals surface area contributed by atoms with Gasteiger partial charge in [-0.1, -0.05) is 43.2 Å². The van der Waals surface area contributed by atoms with Crippen LogP contribution in [0.5, 0.6) is 0 Å². The molecular formula is C19H28N2O2. The molecule has 0 radical (unpaired) electrons. The summed E-state index contributed by atoms with van der Waals surface area (Å²) in [6.07, 6.45) is 6.29. The lowest BCUT2D eigenvalue weighted by Crippen LogP contribution is -2.40. The lowest BCUT2D eigenvalue weighted by Gasteiger charge is -2.29. The Morgan fingerprint density at radius 1 is 1.13 bits per heavy atom. The molecule has 23 heavy (non-hydrogen) atoms. The van der Waals surface area contributed by atoms with Gasteiger partial charge < -0.3 is 10.4 Å². The van der Waals surface area contributed by atoms with Crippen molar-refractivity contribution in [2.24, 2.45) is 0 Å². The second-order valence-corrected chi connectivity index (χ2v) is 7.08. The number of hydrogen-bond acceptors (Lipinski definition) is 3. The Hall–Kier alpha value is -1.39. The van der Waals surface area contributed by atoms with Crippen LogP contribution >= 0.6 is 0 Å². The van der Waals surface area contributed by atoms with E-state index in [1.807, 2.05) is 6.07 Å². The Bertz CT molecular complexity index is 505. The van der Waals surface area contributed by atoms with E-state index < -0.39 is 5.60 Å². The summed E-state index contributed by atoms with van der Waals surface area (Å²) in [5.41, 5.74) is 0.495. The maximum Gasteiger partial charge on any atom is 0.222 e. The number of aliphatic hydroxyl groups is 1. The standard InChI is InChI=1S/C19H28N2O2/c22-18(14-19(23)10-4-5-11-19)20-15-17(21-12-6-7-13-21)16-8-2-1-3-9-16/h1-3,8-9,17,23H,4-7,10-15H2,(H,20,22). The van der Waals surface area contributed by atoms with E-state index in [0.717, 1.165) is 38.8 Å². The Balaban J connectivity index is 1.59. The van der Waals surface area contributed by atoms with Crippen LogP contribution < -0.4 is 5.32 Å². The van der Waals surface area contributed by atoms with Gasteiger partial charge >= 0.3 is 0 Å². The molecule has 2 fully saturated rings. The fourth-order valence-corrected chi connectivity index (χ4v) is 3.97. The second-order valence-electron chi connectivity index (χ2n) is 7.08. The minimum atomic E-state index is -0.764. The molecule has 126 valence electrons. The normalized spacial score (nSPS) is 22.1. The monoisotopic (exact) mass is 316 g/mol. The van der Waals surface area contributed by atoms with E-state index in [1.165, 1.54) is 18.4 Å². The van der Waals surface area contributed by atoms with E-state index in [2.05, 4.69) is 34.5 Å². The van der Waals surface area contributed by atoms with Gasteiger partial charge in [0.1, 0.15) is 0 Å². The minimum Gasteiger partial charge on any atom is -0.389 e. The molecule has 1 saturated carbocycles. The van der Waals surface area contributed by atoms with Crippen molar-refractivity contribution in [2.45, 2.75) is 56.6 Å². The van der Waals surface area contributed by atoms with E-state index in [4.69, 9.17) is 0 Å². The summed E-state index contributed by atoms with van der Waals surface area (Å²) >= 11 is 0. The van der Waals surface area contributed by atoms with Crippen LogP contribution in [0.25, 0.3) is 0 Å². The molecular weight excluding hydrogens is 288 g/mol. The van der Waals surface area contributed by atoms with Crippen molar-refractivity contribution in [3.8, 4) is 0 Å². The third-order valence-corrected chi connectivity index (χ3v) is 5.28. The molecule has 4 heteroatoms. The zero-order valence-electron chi connectivity index (χ0n) is 13.8. The molecule has 1 saturated heterocycles. The average molecular weight is 316 g/mol. The summed E-state index contributed by atoms with van der Waals surface area (Å²) in [5, 5.41) is 13.5. The third-order valence-electron chi connectivity index (χ3n) is 5.28. The van der Waals surface area contributed by atoms with Crippen molar-refractivity contribution in [1.82, 2.24) is 10.2 Å². The van der Waals surface area contributed by atoms with Crippen molar-refractivity contribution >= 4 is 5.91 Å². The average Bonchev–Trinajstić information content (AvgIpc) is 3.21. The number of likely N-dealkylation sites (tertiary alicyclic amines) is 1. The fourth-order valence-electron chi connectivity index (χ4n) is 3.97. The molecule has 0 bridgehead atoms. The maximum atomic E-state index is 12.3. The molecule has 3 rings (SSSR count). The molecule has 1 aliphatic carbocycles. The zero-order valence-corrected chi connectivity index (χ0v) is 13.8. The molecule has 1 aliphatic heterocycles. The van der Waals surface area contributed by atoms with Crippen LogP contribution in [0.4, 0.5) is 0 Å². The molecule has 0 aromatic heterocycles. The topological polar surface area (TPSA) is 52.6 Å². The highest BCUT2D eigenvalue weighted by Crippen LogP contribution is 2.32. The van der Waals surface area contributed by atoms with Crippen LogP contribution in [0, 0.1) is 0 Å². The molecule has 1 aromatic carbocycles. The SMILES string of the molecule is O=C(CC1(O)CCCC1)NCC(c1ccccc1)N1CCCC1. The summed E-state index contributed by atoms with van der Waals surface area (Å²) in [5.74, 6) is -0.0190. The minimum absolute atomic E-state index is 0.0190. The van der Waals surface area contributed by atoms with E-state index in [0.29, 0.717) is 6.54 Å². The van der Waals surface area contributed by atoms with Crippen LogP contribution in [-0.2, 0) is 4.79 Å². The van der Waals surface area contributed by atoms with Crippen molar-refractivity contribution in [2.75, 3.05) is 19.6 Å². The zero-order chi connectivity index (χ0) is 16.1. The highest BCUT2D eigenvalue weighted by molar-refractivity contribution is 5.77. The summed E-state index contributed by atoms with van der Waals surface area (Å²) < 4.78 is 0. The lowest BCUT2D eigenvalue weighted by atomic mass is 9.97. The molecule has 2 aliphatic rings. The van der Waals surface area contributed by atoms with E-state index in [-0.39, 0.29) is 18.4 Å². The van der Waals surface area contributed by atoms with E-state index in [9.17, 15) is 9.90 Å². The van der Waals surface area contributed by atoms with Gasteiger partial charge in [-0.3, -0.25) is 9.69 Å². The quantitative estimate of drug-likeness (QED) is 0.848. The summed E-state index contributed by atoms with van der Waals surface area (Å²) in [4.78, 5) is 14.7. The smallest absolute Gasteiger partial charge is 0.222 e. The van der Waals surface area contributed by atoms with Crippen molar-refractivity contribution in [3.05, 3.63) is 35.9 Å². The Labute approximate surface area is 138 Å². The van der Waals surface area contributed by atoms with Gasteiger partial charge in [-0.2, -0.15) is 0 Å². The predicted molar refractivity (Wildman–Crippen MR) is 91.0 cm³/mol. The molecule has 0 spiro atoms. The van der Waals surface area contributed by atoms with Gasteiger partial charge in [-0.25, -0.2) is 0 Å². The third kappa shape index (κ3) is 4.33. The highest BCUT2D eigenvalue weighted by atomic mass is 16.3. The number of hydrogen-bond donors (Lipinski definition) is 2. The number of carbonyl (C=O) groups excluding carboxylic acids is 1. The Kier molecular flexibility index (Phi) is 5.34. The first kappa shape index (κ1) is 16.5.